The Morgan fingerprint density at radius 3 is 2.71 bits per heavy atom. The minimum atomic E-state index is 0.0207. The van der Waals surface area contributed by atoms with Gasteiger partial charge in [-0.15, -0.1) is 11.3 Å². The molecule has 0 spiro atoms. The summed E-state index contributed by atoms with van der Waals surface area (Å²) in [6.45, 7) is 11.3. The highest BCUT2D eigenvalue weighted by Gasteiger charge is 2.22. The van der Waals surface area contributed by atoms with Crippen molar-refractivity contribution in [3.63, 3.8) is 0 Å². The number of ether oxygens (including phenoxy) is 1. The number of aromatic nitrogens is 1. The molecule has 1 aromatic heterocycles. The van der Waals surface area contributed by atoms with Crippen LogP contribution in [-0.4, -0.2) is 21.8 Å². The van der Waals surface area contributed by atoms with Gasteiger partial charge < -0.3 is 9.64 Å². The van der Waals surface area contributed by atoms with Crippen molar-refractivity contribution in [3.8, 4) is 5.75 Å². The second kappa shape index (κ2) is 10.4. The molecule has 4 nitrogen and oxygen atoms in total. The molecule has 0 aliphatic carbocycles. The molecule has 3 aromatic rings. The molecule has 0 aliphatic heterocycles. The summed E-state index contributed by atoms with van der Waals surface area (Å²) in [4.78, 5) is 19.8. The van der Waals surface area contributed by atoms with Crippen molar-refractivity contribution < 1.29 is 9.53 Å². The van der Waals surface area contributed by atoms with Gasteiger partial charge in [0.05, 0.1) is 12.2 Å². The van der Waals surface area contributed by atoms with Crippen molar-refractivity contribution in [2.24, 2.45) is 0 Å². The number of thiazole rings is 1. The van der Waals surface area contributed by atoms with E-state index in [1.54, 1.807) is 11.3 Å². The van der Waals surface area contributed by atoms with Crippen LogP contribution in [0.15, 0.2) is 46.3 Å². The molecule has 0 saturated carbocycles. The van der Waals surface area contributed by atoms with E-state index >= 15 is 0 Å². The van der Waals surface area contributed by atoms with Crippen LogP contribution in [0, 0.1) is 20.8 Å². The van der Waals surface area contributed by atoms with Gasteiger partial charge in [0, 0.05) is 21.5 Å². The predicted octanol–water partition coefficient (Wildman–Crippen LogP) is 6.85. The van der Waals surface area contributed by atoms with Gasteiger partial charge in [-0.1, -0.05) is 35.0 Å². The first kappa shape index (κ1) is 23.5. The van der Waals surface area contributed by atoms with E-state index in [4.69, 9.17) is 9.72 Å². The highest BCUT2D eigenvalue weighted by atomic mass is 79.9. The number of aryl methyl sites for hydroxylation is 2. The topological polar surface area (TPSA) is 42.4 Å². The van der Waals surface area contributed by atoms with Gasteiger partial charge in [-0.05, 0) is 75.1 Å². The SMILES string of the molecule is CCC(C)N(Cc1csc(COc2cc(C)cc(C)c2C)n1)C(=O)c1cccc(Br)c1. The van der Waals surface area contributed by atoms with E-state index in [0.717, 1.165) is 32.9 Å². The van der Waals surface area contributed by atoms with E-state index in [2.05, 4.69) is 62.7 Å². The van der Waals surface area contributed by atoms with Crippen LogP contribution in [0.1, 0.15) is 58.0 Å². The molecular formula is C25H29BrN2O2S. The average Bonchev–Trinajstić information content (AvgIpc) is 3.20. The van der Waals surface area contributed by atoms with Gasteiger partial charge in [-0.2, -0.15) is 0 Å². The van der Waals surface area contributed by atoms with Gasteiger partial charge >= 0.3 is 0 Å². The molecule has 3 rings (SSSR count). The highest BCUT2D eigenvalue weighted by molar-refractivity contribution is 9.10. The quantitative estimate of drug-likeness (QED) is 0.339. The van der Waals surface area contributed by atoms with E-state index in [1.165, 1.54) is 11.1 Å². The molecule has 0 N–H and O–H groups in total. The van der Waals surface area contributed by atoms with Crippen LogP contribution in [0.3, 0.4) is 0 Å². The lowest BCUT2D eigenvalue weighted by molar-refractivity contribution is 0.0669. The molecule has 0 saturated heterocycles. The number of nitrogens with zero attached hydrogens (tertiary/aromatic N) is 2. The Balaban J connectivity index is 1.72. The van der Waals surface area contributed by atoms with Gasteiger partial charge in [-0.25, -0.2) is 4.98 Å². The molecule has 0 bridgehead atoms. The van der Waals surface area contributed by atoms with Gasteiger partial charge in [0.25, 0.3) is 5.91 Å². The van der Waals surface area contributed by atoms with Gasteiger partial charge in [-0.3, -0.25) is 4.79 Å². The van der Waals surface area contributed by atoms with E-state index in [1.807, 2.05) is 34.5 Å². The van der Waals surface area contributed by atoms with Crippen LogP contribution >= 0.6 is 27.3 Å². The standard InChI is InChI=1S/C25H29BrN2O2S/c1-6-18(4)28(25(29)20-8-7-9-21(26)12-20)13-22-15-31-24(27-22)14-30-23-11-16(2)10-17(3)19(23)5/h7-12,15,18H,6,13-14H2,1-5H3. The number of hydrogen-bond donors (Lipinski definition) is 0. The lowest BCUT2D eigenvalue weighted by Crippen LogP contribution is -2.37. The number of carbonyl (C=O) groups excluding carboxylic acids is 1. The molecule has 0 fully saturated rings. The van der Waals surface area contributed by atoms with Gasteiger partial charge in [0.1, 0.15) is 17.4 Å². The van der Waals surface area contributed by atoms with Crippen LogP contribution in [0.4, 0.5) is 0 Å². The zero-order valence-electron chi connectivity index (χ0n) is 18.7. The van der Waals surface area contributed by atoms with E-state index in [-0.39, 0.29) is 11.9 Å². The van der Waals surface area contributed by atoms with Gasteiger partial charge in [0.15, 0.2) is 0 Å². The second-order valence-corrected chi connectivity index (χ2v) is 9.79. The molecule has 2 aromatic carbocycles. The fraction of sp³-hybridized carbons (Fsp3) is 0.360. The molecule has 31 heavy (non-hydrogen) atoms. The number of rotatable bonds is 8. The smallest absolute Gasteiger partial charge is 0.254 e. The molecule has 1 heterocycles. The third-order valence-electron chi connectivity index (χ3n) is 5.50. The normalized spacial score (nSPS) is 11.9. The largest absolute Gasteiger partial charge is 0.486 e. The fourth-order valence-corrected chi connectivity index (χ4v) is 4.48. The third-order valence-corrected chi connectivity index (χ3v) is 6.87. The summed E-state index contributed by atoms with van der Waals surface area (Å²) >= 11 is 5.03. The first-order chi connectivity index (χ1) is 14.8. The number of amides is 1. The Morgan fingerprint density at radius 2 is 2.00 bits per heavy atom. The molecule has 0 radical (unpaired) electrons. The molecular weight excluding hydrogens is 472 g/mol. The first-order valence-electron chi connectivity index (χ1n) is 10.5. The molecule has 0 aliphatic rings. The summed E-state index contributed by atoms with van der Waals surface area (Å²) in [5, 5.41) is 2.93. The monoisotopic (exact) mass is 500 g/mol. The summed E-state index contributed by atoms with van der Waals surface area (Å²) in [7, 11) is 0. The predicted molar refractivity (Wildman–Crippen MR) is 131 cm³/mol. The molecule has 1 atom stereocenters. The van der Waals surface area contributed by atoms with E-state index < -0.39 is 0 Å². The minimum absolute atomic E-state index is 0.0207. The highest BCUT2D eigenvalue weighted by Crippen LogP contribution is 2.25. The number of carbonyl (C=O) groups is 1. The first-order valence-corrected chi connectivity index (χ1v) is 12.2. The Bertz CT molecular complexity index is 1060. The Hall–Kier alpha value is -2.18. The summed E-state index contributed by atoms with van der Waals surface area (Å²) in [6.07, 6.45) is 0.881. The van der Waals surface area contributed by atoms with Crippen LogP contribution in [0.25, 0.3) is 0 Å². The molecule has 1 unspecified atom stereocenters. The fourth-order valence-electron chi connectivity index (χ4n) is 3.39. The maximum Gasteiger partial charge on any atom is 0.254 e. The van der Waals surface area contributed by atoms with E-state index in [0.29, 0.717) is 18.7 Å². The summed E-state index contributed by atoms with van der Waals surface area (Å²) in [5.74, 6) is 0.924. The van der Waals surface area contributed by atoms with Crippen LogP contribution in [-0.2, 0) is 13.2 Å². The maximum atomic E-state index is 13.2. The van der Waals surface area contributed by atoms with Crippen LogP contribution in [0.2, 0.25) is 0 Å². The zero-order valence-corrected chi connectivity index (χ0v) is 21.1. The molecule has 1 amide bonds. The van der Waals surface area contributed by atoms with Crippen molar-refractivity contribution in [2.75, 3.05) is 0 Å². The lowest BCUT2D eigenvalue weighted by Gasteiger charge is -2.28. The number of halogens is 1. The van der Waals surface area contributed by atoms with Crippen molar-refractivity contribution in [1.29, 1.82) is 0 Å². The Kier molecular flexibility index (Phi) is 7.89. The van der Waals surface area contributed by atoms with Crippen LogP contribution < -0.4 is 4.74 Å². The average molecular weight is 501 g/mol. The van der Waals surface area contributed by atoms with Crippen molar-refractivity contribution in [1.82, 2.24) is 9.88 Å². The maximum absolute atomic E-state index is 13.2. The van der Waals surface area contributed by atoms with Crippen molar-refractivity contribution >= 4 is 33.2 Å². The lowest BCUT2D eigenvalue weighted by atomic mass is 10.1. The third kappa shape index (κ3) is 5.95. The van der Waals surface area contributed by atoms with E-state index in [9.17, 15) is 4.79 Å². The number of benzene rings is 2. The van der Waals surface area contributed by atoms with Gasteiger partial charge in [0.2, 0.25) is 0 Å². The zero-order chi connectivity index (χ0) is 22.5. The second-order valence-electron chi connectivity index (χ2n) is 7.93. The summed E-state index contributed by atoms with van der Waals surface area (Å²) in [5.41, 5.74) is 5.14. The summed E-state index contributed by atoms with van der Waals surface area (Å²) < 4.78 is 6.96. The molecule has 164 valence electrons. The van der Waals surface area contributed by atoms with Crippen molar-refractivity contribution in [3.05, 3.63) is 79.2 Å². The Labute approximate surface area is 197 Å². The summed E-state index contributed by atoms with van der Waals surface area (Å²) in [6, 6.07) is 11.9. The Morgan fingerprint density at radius 1 is 1.23 bits per heavy atom. The molecule has 6 heteroatoms. The van der Waals surface area contributed by atoms with Crippen LogP contribution in [0.5, 0.6) is 5.75 Å². The number of hydrogen-bond acceptors (Lipinski definition) is 4. The minimum Gasteiger partial charge on any atom is -0.486 e. The van der Waals surface area contributed by atoms with Crippen molar-refractivity contribution in [2.45, 2.75) is 60.2 Å².